The molecule has 1 atom stereocenters. The molecule has 118 valence electrons. The first-order valence-corrected chi connectivity index (χ1v) is 8.14. The Balaban J connectivity index is 2.04. The number of rotatable bonds is 7. The van der Waals surface area contributed by atoms with Gasteiger partial charge in [0, 0.05) is 25.8 Å². The van der Waals surface area contributed by atoms with E-state index >= 15 is 0 Å². The van der Waals surface area contributed by atoms with Crippen LogP contribution in [0.5, 0.6) is 0 Å². The van der Waals surface area contributed by atoms with E-state index in [1.165, 1.54) is 17.5 Å². The molecule has 0 aliphatic heterocycles. The molecule has 0 bridgehead atoms. The molecule has 0 aromatic heterocycles. The maximum atomic E-state index is 5.62. The molecular weight excluding hydrogens is 262 g/mol. The van der Waals surface area contributed by atoms with Crippen molar-refractivity contribution in [1.82, 2.24) is 5.32 Å². The molecule has 3 nitrogen and oxygen atoms in total. The highest BCUT2D eigenvalue weighted by molar-refractivity contribution is 5.38. The minimum Gasteiger partial charge on any atom is -0.352 e. The van der Waals surface area contributed by atoms with Crippen LogP contribution in [0.15, 0.2) is 24.3 Å². The molecule has 0 radical (unpaired) electrons. The summed E-state index contributed by atoms with van der Waals surface area (Å²) >= 11 is 0. The monoisotopic (exact) mass is 291 g/mol. The SMILES string of the molecule is CCOC(CNC1CCC(C)(C)c2ccccc21)OCC. The quantitative estimate of drug-likeness (QED) is 0.775. The largest absolute Gasteiger partial charge is 0.352 e. The summed E-state index contributed by atoms with van der Waals surface area (Å²) in [5, 5.41) is 3.64. The Labute approximate surface area is 129 Å². The molecule has 1 aromatic carbocycles. The molecule has 21 heavy (non-hydrogen) atoms. The zero-order valence-electron chi connectivity index (χ0n) is 13.8. The van der Waals surface area contributed by atoms with E-state index in [2.05, 4.69) is 43.4 Å². The smallest absolute Gasteiger partial charge is 0.169 e. The summed E-state index contributed by atoms with van der Waals surface area (Å²) in [5.41, 5.74) is 3.17. The Hall–Kier alpha value is -0.900. The van der Waals surface area contributed by atoms with Crippen LogP contribution in [-0.4, -0.2) is 26.0 Å². The molecule has 0 heterocycles. The van der Waals surface area contributed by atoms with Gasteiger partial charge in [-0.3, -0.25) is 0 Å². The van der Waals surface area contributed by atoms with Gasteiger partial charge in [-0.1, -0.05) is 38.1 Å². The molecule has 1 unspecified atom stereocenters. The highest BCUT2D eigenvalue weighted by Gasteiger charge is 2.32. The number of benzene rings is 1. The summed E-state index contributed by atoms with van der Waals surface area (Å²) in [6.07, 6.45) is 2.21. The number of nitrogens with one attached hydrogen (secondary N) is 1. The molecular formula is C18H29NO2. The van der Waals surface area contributed by atoms with Crippen molar-refractivity contribution in [3.8, 4) is 0 Å². The maximum Gasteiger partial charge on any atom is 0.169 e. The molecule has 0 saturated carbocycles. The van der Waals surface area contributed by atoms with Gasteiger partial charge in [-0.25, -0.2) is 0 Å². The topological polar surface area (TPSA) is 30.5 Å². The van der Waals surface area contributed by atoms with Crippen LogP contribution in [0.4, 0.5) is 0 Å². The third-order valence-corrected chi connectivity index (χ3v) is 4.36. The summed E-state index contributed by atoms with van der Waals surface area (Å²) in [6.45, 7) is 10.8. The van der Waals surface area contributed by atoms with Crippen LogP contribution in [0.2, 0.25) is 0 Å². The number of hydrogen-bond acceptors (Lipinski definition) is 3. The van der Waals surface area contributed by atoms with Gasteiger partial charge in [-0.15, -0.1) is 0 Å². The minimum atomic E-state index is -0.151. The molecule has 1 aliphatic carbocycles. The molecule has 0 fully saturated rings. The van der Waals surface area contributed by atoms with Gasteiger partial charge in [0.1, 0.15) is 0 Å². The Kier molecular flexibility index (Phi) is 5.80. The second-order valence-electron chi connectivity index (χ2n) is 6.31. The third-order valence-electron chi connectivity index (χ3n) is 4.36. The van der Waals surface area contributed by atoms with Crippen LogP contribution in [0.3, 0.4) is 0 Å². The van der Waals surface area contributed by atoms with Gasteiger partial charge in [-0.2, -0.15) is 0 Å². The van der Waals surface area contributed by atoms with Gasteiger partial charge < -0.3 is 14.8 Å². The minimum absolute atomic E-state index is 0.151. The summed E-state index contributed by atoms with van der Waals surface area (Å²) < 4.78 is 11.2. The van der Waals surface area contributed by atoms with Crippen LogP contribution >= 0.6 is 0 Å². The van der Waals surface area contributed by atoms with Gasteiger partial charge in [0.15, 0.2) is 6.29 Å². The van der Waals surface area contributed by atoms with Crippen LogP contribution < -0.4 is 5.32 Å². The van der Waals surface area contributed by atoms with Crippen LogP contribution in [0.1, 0.15) is 57.7 Å². The zero-order chi connectivity index (χ0) is 15.3. The first-order valence-electron chi connectivity index (χ1n) is 8.14. The first-order chi connectivity index (χ1) is 10.1. The predicted molar refractivity (Wildman–Crippen MR) is 86.5 cm³/mol. The summed E-state index contributed by atoms with van der Waals surface area (Å²) in [5.74, 6) is 0. The molecule has 1 aliphatic rings. The normalized spacial score (nSPS) is 20.5. The maximum absolute atomic E-state index is 5.62. The number of ether oxygens (including phenoxy) is 2. The number of fused-ring (bicyclic) bond motifs is 1. The fourth-order valence-electron chi connectivity index (χ4n) is 3.20. The Bertz CT molecular complexity index is 439. The lowest BCUT2D eigenvalue weighted by atomic mass is 9.71. The second-order valence-corrected chi connectivity index (χ2v) is 6.31. The van der Waals surface area contributed by atoms with Crippen LogP contribution in [0.25, 0.3) is 0 Å². The van der Waals surface area contributed by atoms with E-state index in [4.69, 9.17) is 9.47 Å². The lowest BCUT2D eigenvalue weighted by Crippen LogP contribution is -2.38. The lowest BCUT2D eigenvalue weighted by molar-refractivity contribution is -0.134. The van der Waals surface area contributed by atoms with Crippen molar-refractivity contribution in [2.24, 2.45) is 0 Å². The number of hydrogen-bond donors (Lipinski definition) is 1. The average Bonchev–Trinajstić information content (AvgIpc) is 2.47. The van der Waals surface area contributed by atoms with Crippen molar-refractivity contribution in [3.63, 3.8) is 0 Å². The van der Waals surface area contributed by atoms with Crippen LogP contribution in [-0.2, 0) is 14.9 Å². The molecule has 0 amide bonds. The van der Waals surface area contributed by atoms with Gasteiger partial charge in [0.05, 0.1) is 0 Å². The third kappa shape index (κ3) is 4.06. The fraction of sp³-hybridized carbons (Fsp3) is 0.667. The summed E-state index contributed by atoms with van der Waals surface area (Å²) in [6, 6.07) is 9.21. The van der Waals surface area contributed by atoms with Crippen molar-refractivity contribution < 1.29 is 9.47 Å². The van der Waals surface area contributed by atoms with Crippen molar-refractivity contribution in [2.75, 3.05) is 19.8 Å². The van der Waals surface area contributed by atoms with Crippen molar-refractivity contribution in [1.29, 1.82) is 0 Å². The summed E-state index contributed by atoms with van der Waals surface area (Å²) in [4.78, 5) is 0. The summed E-state index contributed by atoms with van der Waals surface area (Å²) in [7, 11) is 0. The van der Waals surface area contributed by atoms with Crippen molar-refractivity contribution in [3.05, 3.63) is 35.4 Å². The fourth-order valence-corrected chi connectivity index (χ4v) is 3.20. The molecule has 0 spiro atoms. The molecule has 1 N–H and O–H groups in total. The standard InChI is InChI=1S/C18H29NO2/c1-5-20-17(21-6-2)13-19-16-11-12-18(3,4)15-10-8-7-9-14(15)16/h7-10,16-17,19H,5-6,11-13H2,1-4H3. The second kappa shape index (κ2) is 7.39. The van der Waals surface area contributed by atoms with E-state index in [1.807, 2.05) is 13.8 Å². The first kappa shape index (κ1) is 16.5. The van der Waals surface area contributed by atoms with Crippen molar-refractivity contribution in [2.45, 2.75) is 58.3 Å². The van der Waals surface area contributed by atoms with E-state index in [-0.39, 0.29) is 11.7 Å². The highest BCUT2D eigenvalue weighted by atomic mass is 16.7. The van der Waals surface area contributed by atoms with E-state index in [9.17, 15) is 0 Å². The van der Waals surface area contributed by atoms with E-state index in [0.717, 1.165) is 13.0 Å². The van der Waals surface area contributed by atoms with Gasteiger partial charge >= 0.3 is 0 Å². The van der Waals surface area contributed by atoms with E-state index in [1.54, 1.807) is 0 Å². The van der Waals surface area contributed by atoms with Crippen LogP contribution in [0, 0.1) is 0 Å². The average molecular weight is 291 g/mol. The Morgan fingerprint density at radius 1 is 1.19 bits per heavy atom. The predicted octanol–water partition coefficient (Wildman–Crippen LogP) is 3.79. The van der Waals surface area contributed by atoms with Gasteiger partial charge in [-0.05, 0) is 43.2 Å². The zero-order valence-corrected chi connectivity index (χ0v) is 13.8. The molecule has 0 saturated heterocycles. The van der Waals surface area contributed by atoms with Gasteiger partial charge in [0.2, 0.25) is 0 Å². The Morgan fingerprint density at radius 2 is 1.86 bits per heavy atom. The molecule has 1 aromatic rings. The van der Waals surface area contributed by atoms with E-state index < -0.39 is 0 Å². The van der Waals surface area contributed by atoms with Crippen molar-refractivity contribution >= 4 is 0 Å². The molecule has 3 heteroatoms. The highest BCUT2D eigenvalue weighted by Crippen LogP contribution is 2.41. The Morgan fingerprint density at radius 3 is 2.52 bits per heavy atom. The lowest BCUT2D eigenvalue weighted by Gasteiger charge is -2.38. The van der Waals surface area contributed by atoms with E-state index in [0.29, 0.717) is 19.3 Å². The van der Waals surface area contributed by atoms with Gasteiger partial charge in [0.25, 0.3) is 0 Å². The molecule has 2 rings (SSSR count).